The number of hydrogen-bond donors (Lipinski definition) is 1. The van der Waals surface area contributed by atoms with Crippen LogP contribution in [0.2, 0.25) is 0 Å². The van der Waals surface area contributed by atoms with Crippen molar-refractivity contribution in [3.8, 4) is 11.4 Å². The predicted molar refractivity (Wildman–Crippen MR) is 110 cm³/mol. The second-order valence-corrected chi connectivity index (χ2v) is 7.97. The van der Waals surface area contributed by atoms with Gasteiger partial charge in [-0.1, -0.05) is 0 Å². The van der Waals surface area contributed by atoms with Gasteiger partial charge in [-0.2, -0.15) is 28.2 Å². The van der Waals surface area contributed by atoms with Crippen LogP contribution in [0.4, 0.5) is 13.2 Å². The SMILES string of the molecule is Cc1cc(SCc2nn(-c3ccc(C(F)(F)F)cc3)nc2C)cc(C)c1OCC(=O)O. The van der Waals surface area contributed by atoms with Crippen LogP contribution in [0.3, 0.4) is 0 Å². The zero-order valence-corrected chi connectivity index (χ0v) is 17.8. The number of benzene rings is 2. The smallest absolute Gasteiger partial charge is 0.416 e. The maximum absolute atomic E-state index is 12.7. The van der Waals surface area contributed by atoms with Gasteiger partial charge in [0.2, 0.25) is 0 Å². The summed E-state index contributed by atoms with van der Waals surface area (Å²) >= 11 is 1.53. The molecule has 1 aromatic heterocycles. The van der Waals surface area contributed by atoms with Gasteiger partial charge in [-0.3, -0.25) is 0 Å². The predicted octanol–water partition coefficient (Wildman–Crippen LogP) is 4.97. The lowest BCUT2D eigenvalue weighted by Gasteiger charge is -2.12. The summed E-state index contributed by atoms with van der Waals surface area (Å²) < 4.78 is 43.6. The third-order valence-corrected chi connectivity index (χ3v) is 5.44. The molecule has 0 aliphatic heterocycles. The zero-order chi connectivity index (χ0) is 22.8. The third kappa shape index (κ3) is 5.57. The van der Waals surface area contributed by atoms with Crippen molar-refractivity contribution in [1.82, 2.24) is 15.0 Å². The summed E-state index contributed by atoms with van der Waals surface area (Å²) in [6.07, 6.45) is -4.39. The van der Waals surface area contributed by atoms with Gasteiger partial charge < -0.3 is 9.84 Å². The third-order valence-electron chi connectivity index (χ3n) is 4.45. The Morgan fingerprint density at radius 3 is 2.26 bits per heavy atom. The molecule has 10 heteroatoms. The topological polar surface area (TPSA) is 77.2 Å². The molecule has 0 fully saturated rings. The van der Waals surface area contributed by atoms with Gasteiger partial charge in [0, 0.05) is 10.6 Å². The Morgan fingerprint density at radius 2 is 1.71 bits per heavy atom. The van der Waals surface area contributed by atoms with Gasteiger partial charge in [0.15, 0.2) is 6.61 Å². The highest BCUT2D eigenvalue weighted by Gasteiger charge is 2.30. The van der Waals surface area contributed by atoms with E-state index >= 15 is 0 Å². The van der Waals surface area contributed by atoms with Gasteiger partial charge in [0.1, 0.15) is 5.75 Å². The number of aliphatic carboxylic acids is 1. The quantitative estimate of drug-likeness (QED) is 0.512. The van der Waals surface area contributed by atoms with Crippen LogP contribution in [-0.4, -0.2) is 32.7 Å². The number of halogens is 3. The Hall–Kier alpha value is -3.01. The highest BCUT2D eigenvalue weighted by atomic mass is 32.2. The van der Waals surface area contributed by atoms with Gasteiger partial charge in [-0.25, -0.2) is 4.79 Å². The molecule has 2 aromatic carbocycles. The van der Waals surface area contributed by atoms with Crippen molar-refractivity contribution in [3.63, 3.8) is 0 Å². The number of alkyl halides is 3. The minimum Gasteiger partial charge on any atom is -0.481 e. The zero-order valence-electron chi connectivity index (χ0n) is 17.0. The van der Waals surface area contributed by atoms with E-state index in [1.165, 1.54) is 28.7 Å². The Labute approximate surface area is 181 Å². The van der Waals surface area contributed by atoms with Crippen molar-refractivity contribution in [2.75, 3.05) is 6.61 Å². The van der Waals surface area contributed by atoms with E-state index in [9.17, 15) is 18.0 Å². The van der Waals surface area contributed by atoms with Crippen molar-refractivity contribution >= 4 is 17.7 Å². The molecule has 0 aliphatic carbocycles. The van der Waals surface area contributed by atoms with Crippen LogP contribution >= 0.6 is 11.8 Å². The summed E-state index contributed by atoms with van der Waals surface area (Å²) in [6, 6.07) is 8.49. The number of aryl methyl sites for hydroxylation is 3. The first-order chi connectivity index (χ1) is 14.5. The fourth-order valence-corrected chi connectivity index (χ4v) is 4.04. The summed E-state index contributed by atoms with van der Waals surface area (Å²) in [5.74, 6) is 0.0285. The summed E-state index contributed by atoms with van der Waals surface area (Å²) in [7, 11) is 0. The van der Waals surface area contributed by atoms with Crippen molar-refractivity contribution in [1.29, 1.82) is 0 Å². The number of aromatic nitrogens is 3. The first-order valence-corrected chi connectivity index (χ1v) is 10.2. The highest BCUT2D eigenvalue weighted by Crippen LogP contribution is 2.32. The Kier molecular flexibility index (Phi) is 6.59. The van der Waals surface area contributed by atoms with Crippen LogP contribution in [0, 0.1) is 20.8 Å². The summed E-state index contributed by atoms with van der Waals surface area (Å²) in [5.41, 5.74) is 2.77. The molecule has 3 aromatic rings. The molecule has 0 saturated carbocycles. The molecule has 3 rings (SSSR count). The molecule has 0 aliphatic rings. The molecular formula is C21H20F3N3O3S. The molecule has 6 nitrogen and oxygen atoms in total. The van der Waals surface area contributed by atoms with E-state index in [-0.39, 0.29) is 0 Å². The minimum atomic E-state index is -4.39. The van der Waals surface area contributed by atoms with Gasteiger partial charge in [0.05, 0.1) is 22.6 Å². The fourth-order valence-electron chi connectivity index (χ4n) is 2.95. The first-order valence-electron chi connectivity index (χ1n) is 9.23. The van der Waals surface area contributed by atoms with Crippen molar-refractivity contribution < 1.29 is 27.8 Å². The second kappa shape index (κ2) is 9.01. The molecule has 0 saturated heterocycles. The van der Waals surface area contributed by atoms with Crippen molar-refractivity contribution in [3.05, 3.63) is 64.5 Å². The van der Waals surface area contributed by atoms with Crippen molar-refractivity contribution in [2.24, 2.45) is 0 Å². The molecule has 0 amide bonds. The lowest BCUT2D eigenvalue weighted by atomic mass is 10.1. The van der Waals surface area contributed by atoms with Crippen molar-refractivity contribution in [2.45, 2.75) is 37.6 Å². The van der Waals surface area contributed by atoms with E-state index in [4.69, 9.17) is 9.84 Å². The van der Waals surface area contributed by atoms with E-state index in [2.05, 4.69) is 10.2 Å². The van der Waals surface area contributed by atoms with Gasteiger partial charge >= 0.3 is 12.1 Å². The number of carbonyl (C=O) groups is 1. The molecule has 0 unspecified atom stereocenters. The monoisotopic (exact) mass is 451 g/mol. The average Bonchev–Trinajstić information content (AvgIpc) is 3.05. The van der Waals surface area contributed by atoms with Gasteiger partial charge in [-0.05, 0) is 68.3 Å². The van der Waals surface area contributed by atoms with E-state index in [1.807, 2.05) is 26.0 Å². The maximum atomic E-state index is 12.7. The molecule has 0 atom stereocenters. The Morgan fingerprint density at radius 1 is 1.10 bits per heavy atom. The molecule has 0 bridgehead atoms. The Bertz CT molecular complexity index is 1070. The minimum absolute atomic E-state index is 0.402. The fraction of sp³-hybridized carbons (Fsp3) is 0.286. The van der Waals surface area contributed by atoms with Crippen LogP contribution in [0.1, 0.15) is 28.1 Å². The van der Waals surface area contributed by atoms with Gasteiger partial charge in [-0.15, -0.1) is 11.8 Å². The molecule has 1 heterocycles. The number of carboxylic acids is 1. The summed E-state index contributed by atoms with van der Waals surface area (Å²) in [5, 5.41) is 17.5. The lowest BCUT2D eigenvalue weighted by molar-refractivity contribution is -0.139. The van der Waals surface area contributed by atoms with Crippen LogP contribution in [-0.2, 0) is 16.7 Å². The van der Waals surface area contributed by atoms with Crippen LogP contribution in [0.25, 0.3) is 5.69 Å². The van der Waals surface area contributed by atoms with Gasteiger partial charge in [0.25, 0.3) is 0 Å². The van der Waals surface area contributed by atoms with E-state index in [0.29, 0.717) is 28.6 Å². The average molecular weight is 451 g/mol. The highest BCUT2D eigenvalue weighted by molar-refractivity contribution is 7.98. The van der Waals surface area contributed by atoms with Crippen LogP contribution in [0.5, 0.6) is 5.75 Å². The van der Waals surface area contributed by atoms with E-state index < -0.39 is 24.3 Å². The van der Waals surface area contributed by atoms with E-state index in [1.54, 1.807) is 6.92 Å². The molecule has 0 spiro atoms. The number of carboxylic acid groups (broad SMARTS) is 1. The number of ether oxygens (including phenoxy) is 1. The number of nitrogens with zero attached hydrogens (tertiary/aromatic N) is 3. The van der Waals surface area contributed by atoms with Crippen LogP contribution < -0.4 is 4.74 Å². The molecule has 1 N–H and O–H groups in total. The standard InChI is InChI=1S/C21H20F3N3O3S/c1-12-8-17(9-13(2)20(12)30-10-19(28)29)31-11-18-14(3)25-27(26-18)16-6-4-15(5-7-16)21(22,23)24/h4-9H,10-11H2,1-3H3,(H,28,29). The molecule has 0 radical (unpaired) electrons. The number of hydrogen-bond acceptors (Lipinski definition) is 5. The summed E-state index contributed by atoms with van der Waals surface area (Å²) in [4.78, 5) is 13.0. The number of rotatable bonds is 7. The second-order valence-electron chi connectivity index (χ2n) is 6.92. The molecular weight excluding hydrogens is 431 g/mol. The Balaban J connectivity index is 1.72. The largest absolute Gasteiger partial charge is 0.481 e. The normalized spacial score (nSPS) is 11.5. The number of thioether (sulfide) groups is 1. The first kappa shape index (κ1) is 22.7. The maximum Gasteiger partial charge on any atom is 0.416 e. The molecule has 31 heavy (non-hydrogen) atoms. The summed E-state index contributed by atoms with van der Waals surface area (Å²) in [6.45, 7) is 5.09. The van der Waals surface area contributed by atoms with Crippen LogP contribution in [0.15, 0.2) is 41.3 Å². The molecule has 164 valence electrons. The lowest BCUT2D eigenvalue weighted by Crippen LogP contribution is -2.10. The van der Waals surface area contributed by atoms with E-state index in [0.717, 1.165) is 28.2 Å².